The molecule has 3 rings (SSSR count). The Balaban J connectivity index is 1.79. The Morgan fingerprint density at radius 2 is 1.65 bits per heavy atom. The maximum absolute atomic E-state index is 13.8. The molecular formula is C25H29O4PS. The summed E-state index contributed by atoms with van der Waals surface area (Å²) in [4.78, 5) is 13.7. The topological polar surface area (TPSA) is 52.6 Å². The number of benzene rings is 3. The van der Waals surface area contributed by atoms with E-state index in [1.165, 1.54) is 11.8 Å². The van der Waals surface area contributed by atoms with E-state index in [1.54, 1.807) is 6.92 Å². The number of esters is 1. The van der Waals surface area contributed by atoms with Crippen molar-refractivity contribution in [2.45, 2.75) is 25.2 Å². The molecule has 0 saturated carbocycles. The van der Waals surface area contributed by atoms with Crippen LogP contribution in [0, 0.1) is 5.92 Å². The number of hydrogen-bond acceptors (Lipinski definition) is 5. The minimum absolute atomic E-state index is 0.173. The van der Waals surface area contributed by atoms with Gasteiger partial charge in [-0.1, -0.05) is 66.7 Å². The van der Waals surface area contributed by atoms with Crippen molar-refractivity contribution < 1.29 is 18.6 Å². The lowest BCUT2D eigenvalue weighted by molar-refractivity contribution is -0.147. The summed E-state index contributed by atoms with van der Waals surface area (Å²) >= 11 is 1.53. The molecule has 0 radical (unpaired) electrons. The molecule has 0 N–H and O–H groups in total. The van der Waals surface area contributed by atoms with E-state index in [9.17, 15) is 9.36 Å². The fourth-order valence-electron chi connectivity index (χ4n) is 3.58. The molecule has 2 unspecified atom stereocenters. The van der Waals surface area contributed by atoms with Crippen molar-refractivity contribution in [3.05, 3.63) is 78.4 Å². The van der Waals surface area contributed by atoms with Crippen molar-refractivity contribution in [3.8, 4) is 0 Å². The number of carbonyl (C=O) groups excluding carboxylic acids is 1. The van der Waals surface area contributed by atoms with Gasteiger partial charge in [0.05, 0.1) is 24.6 Å². The Labute approximate surface area is 188 Å². The van der Waals surface area contributed by atoms with E-state index >= 15 is 0 Å². The van der Waals surface area contributed by atoms with Gasteiger partial charge < -0.3 is 9.26 Å². The van der Waals surface area contributed by atoms with E-state index in [2.05, 4.69) is 18.2 Å². The smallest absolute Gasteiger partial charge is 0.309 e. The zero-order valence-electron chi connectivity index (χ0n) is 18.0. The van der Waals surface area contributed by atoms with E-state index < -0.39 is 13.3 Å². The van der Waals surface area contributed by atoms with Crippen molar-refractivity contribution in [3.63, 3.8) is 0 Å². The van der Waals surface area contributed by atoms with Crippen molar-refractivity contribution in [1.82, 2.24) is 0 Å². The van der Waals surface area contributed by atoms with Gasteiger partial charge in [-0.05, 0) is 42.7 Å². The van der Waals surface area contributed by atoms with Gasteiger partial charge in [0.1, 0.15) is 0 Å². The highest BCUT2D eigenvalue weighted by Crippen LogP contribution is 2.53. The van der Waals surface area contributed by atoms with Gasteiger partial charge in [0.15, 0.2) is 0 Å². The number of rotatable bonds is 11. The molecule has 0 fully saturated rings. The molecule has 0 aromatic heterocycles. The number of ether oxygens (including phenoxy) is 1. The second kappa shape index (κ2) is 11.5. The molecule has 0 saturated heterocycles. The molecule has 0 aliphatic heterocycles. The number of carbonyl (C=O) groups is 1. The highest BCUT2D eigenvalue weighted by Gasteiger charge is 2.32. The van der Waals surface area contributed by atoms with Crippen LogP contribution < -0.4 is 0 Å². The molecule has 0 aliphatic carbocycles. The van der Waals surface area contributed by atoms with Crippen LogP contribution in [0.4, 0.5) is 0 Å². The third-order valence-corrected chi connectivity index (χ3v) is 9.46. The summed E-state index contributed by atoms with van der Waals surface area (Å²) in [5.41, 5.74) is 1.34. The van der Waals surface area contributed by atoms with E-state index in [-0.39, 0.29) is 12.1 Å². The normalized spacial score (nSPS) is 14.1. The maximum Gasteiger partial charge on any atom is 0.309 e. The fraction of sp³-hybridized carbons (Fsp3) is 0.320. The summed E-state index contributed by atoms with van der Waals surface area (Å²) in [6, 6.07) is 24.0. The monoisotopic (exact) mass is 456 g/mol. The highest BCUT2D eigenvalue weighted by atomic mass is 32.2. The third kappa shape index (κ3) is 6.70. The molecule has 3 aromatic carbocycles. The van der Waals surface area contributed by atoms with Crippen LogP contribution >= 0.6 is 19.1 Å². The molecule has 0 amide bonds. The van der Waals surface area contributed by atoms with Crippen LogP contribution in [0.5, 0.6) is 0 Å². The zero-order valence-corrected chi connectivity index (χ0v) is 19.7. The van der Waals surface area contributed by atoms with E-state index in [0.717, 1.165) is 21.2 Å². The minimum Gasteiger partial charge on any atom is -0.466 e. The SMILES string of the molecule is CCOC(=O)C(Cc1ccccc1)CP(=O)(CSc1cccc2ccccc12)OCC. The molecule has 2 atom stereocenters. The molecule has 4 nitrogen and oxygen atoms in total. The van der Waals surface area contributed by atoms with Crippen LogP contribution in [0.2, 0.25) is 0 Å². The van der Waals surface area contributed by atoms with Crippen LogP contribution in [-0.2, 0) is 25.0 Å². The summed E-state index contributed by atoms with van der Waals surface area (Å²) < 4.78 is 24.9. The van der Waals surface area contributed by atoms with Gasteiger partial charge in [-0.3, -0.25) is 9.36 Å². The fourth-order valence-corrected chi connectivity index (χ4v) is 7.69. The van der Waals surface area contributed by atoms with Crippen molar-refractivity contribution in [2.75, 3.05) is 24.9 Å². The minimum atomic E-state index is -3.07. The Morgan fingerprint density at radius 1 is 0.935 bits per heavy atom. The first-order valence-corrected chi connectivity index (χ1v) is 13.6. The van der Waals surface area contributed by atoms with Crippen LogP contribution in [0.3, 0.4) is 0 Å². The Hall–Kier alpha value is -2.07. The molecule has 3 aromatic rings. The van der Waals surface area contributed by atoms with E-state index in [1.807, 2.05) is 61.5 Å². The first-order chi connectivity index (χ1) is 15.0. The molecule has 0 bridgehead atoms. The molecule has 6 heteroatoms. The molecule has 31 heavy (non-hydrogen) atoms. The number of hydrogen-bond donors (Lipinski definition) is 0. The summed E-state index contributed by atoms with van der Waals surface area (Å²) in [5.74, 6) is -0.825. The average Bonchev–Trinajstić information content (AvgIpc) is 2.78. The Morgan fingerprint density at radius 3 is 2.39 bits per heavy atom. The molecular weight excluding hydrogens is 427 g/mol. The predicted octanol–water partition coefficient (Wildman–Crippen LogP) is 6.63. The van der Waals surface area contributed by atoms with Crippen molar-refractivity contribution >= 4 is 35.9 Å². The Bertz CT molecular complexity index is 1030. The Kier molecular flexibility index (Phi) is 8.77. The van der Waals surface area contributed by atoms with Crippen LogP contribution in [0.15, 0.2) is 77.7 Å². The van der Waals surface area contributed by atoms with E-state index in [0.29, 0.717) is 25.1 Å². The van der Waals surface area contributed by atoms with Crippen LogP contribution in [0.25, 0.3) is 10.8 Å². The standard InChI is InChI=1S/C25H29O4PS/c1-3-28-25(26)22(17-20-11-6-5-7-12-20)18-30(27,29-4-2)19-31-24-16-10-14-21-13-8-9-15-23(21)24/h5-16,22H,3-4,17-19H2,1-2H3. The van der Waals surface area contributed by atoms with Gasteiger partial charge in [-0.15, -0.1) is 11.8 Å². The summed E-state index contributed by atoms with van der Waals surface area (Å²) in [7, 11) is -3.07. The van der Waals surface area contributed by atoms with Gasteiger partial charge in [0.2, 0.25) is 7.37 Å². The summed E-state index contributed by atoms with van der Waals surface area (Å²) in [5, 5.41) is 2.27. The number of fused-ring (bicyclic) bond motifs is 1. The van der Waals surface area contributed by atoms with E-state index in [4.69, 9.17) is 9.26 Å². The molecule has 164 valence electrons. The lowest BCUT2D eigenvalue weighted by Gasteiger charge is -2.23. The molecule has 0 aliphatic rings. The second-order valence-corrected chi connectivity index (χ2v) is 11.3. The molecule has 0 spiro atoms. The van der Waals surface area contributed by atoms with Gasteiger partial charge in [-0.25, -0.2) is 0 Å². The highest BCUT2D eigenvalue weighted by molar-refractivity contribution is 8.05. The second-order valence-electron chi connectivity index (χ2n) is 7.30. The van der Waals surface area contributed by atoms with Gasteiger partial charge in [0, 0.05) is 11.1 Å². The zero-order chi connectivity index (χ0) is 22.1. The third-order valence-electron chi connectivity index (χ3n) is 4.97. The predicted molar refractivity (Wildman–Crippen MR) is 129 cm³/mol. The quantitative estimate of drug-likeness (QED) is 0.184. The van der Waals surface area contributed by atoms with Crippen molar-refractivity contribution in [1.29, 1.82) is 0 Å². The maximum atomic E-state index is 13.8. The van der Waals surface area contributed by atoms with Crippen molar-refractivity contribution in [2.24, 2.45) is 5.92 Å². The van der Waals surface area contributed by atoms with Gasteiger partial charge in [-0.2, -0.15) is 0 Å². The lowest BCUT2D eigenvalue weighted by atomic mass is 10.0. The van der Waals surface area contributed by atoms with Gasteiger partial charge in [0.25, 0.3) is 0 Å². The largest absolute Gasteiger partial charge is 0.466 e. The lowest BCUT2D eigenvalue weighted by Crippen LogP contribution is -2.24. The van der Waals surface area contributed by atoms with Gasteiger partial charge >= 0.3 is 5.97 Å². The summed E-state index contributed by atoms with van der Waals surface area (Å²) in [6.45, 7) is 4.27. The number of thioether (sulfide) groups is 1. The van der Waals surface area contributed by atoms with Crippen LogP contribution in [-0.4, -0.2) is 30.8 Å². The first-order valence-electron chi connectivity index (χ1n) is 10.6. The summed E-state index contributed by atoms with van der Waals surface area (Å²) in [6.07, 6.45) is 0.655. The molecule has 0 heterocycles. The average molecular weight is 457 g/mol. The van der Waals surface area contributed by atoms with Crippen LogP contribution in [0.1, 0.15) is 19.4 Å². The first kappa shape index (κ1) is 23.6.